The van der Waals surface area contributed by atoms with E-state index in [1.807, 2.05) is 0 Å². The number of carboxylic acids is 1. The molecule has 0 aromatic carbocycles. The van der Waals surface area contributed by atoms with Crippen LogP contribution in [-0.2, 0) is 19.1 Å². The van der Waals surface area contributed by atoms with Crippen LogP contribution in [0.3, 0.4) is 0 Å². The van der Waals surface area contributed by atoms with Crippen molar-refractivity contribution in [1.82, 2.24) is 9.80 Å². The quantitative estimate of drug-likeness (QED) is 0.702. The van der Waals surface area contributed by atoms with E-state index in [1.165, 1.54) is 16.8 Å². The Morgan fingerprint density at radius 2 is 2.15 bits per heavy atom. The molecule has 1 N–H and O–H groups in total. The highest BCUT2D eigenvalue weighted by atomic mass is 16.5. The van der Waals surface area contributed by atoms with Crippen LogP contribution in [-0.4, -0.2) is 78.9 Å². The summed E-state index contributed by atoms with van der Waals surface area (Å²) in [5, 5.41) is 8.72. The maximum atomic E-state index is 12.1. The van der Waals surface area contributed by atoms with Gasteiger partial charge in [0, 0.05) is 20.1 Å². The van der Waals surface area contributed by atoms with E-state index in [-0.39, 0.29) is 38.8 Å². The highest BCUT2D eigenvalue weighted by Crippen LogP contribution is 2.10. The summed E-state index contributed by atoms with van der Waals surface area (Å²) >= 11 is 0. The summed E-state index contributed by atoms with van der Waals surface area (Å²) in [5.74, 6) is -1.44. The van der Waals surface area contributed by atoms with Gasteiger partial charge in [-0.3, -0.25) is 9.59 Å². The lowest BCUT2D eigenvalue weighted by Gasteiger charge is -2.34. The van der Waals surface area contributed by atoms with Gasteiger partial charge in [0.15, 0.2) is 0 Å². The van der Waals surface area contributed by atoms with Gasteiger partial charge in [0.2, 0.25) is 0 Å². The third-order valence-corrected chi connectivity index (χ3v) is 2.81. The molecule has 0 radical (unpaired) electrons. The van der Waals surface area contributed by atoms with Gasteiger partial charge in [0.1, 0.15) is 6.54 Å². The zero-order chi connectivity index (χ0) is 15.1. The van der Waals surface area contributed by atoms with Crippen molar-refractivity contribution in [3.63, 3.8) is 0 Å². The predicted octanol–water partition coefficient (Wildman–Crippen LogP) is -0.223. The molecular weight excluding hydrogens is 268 g/mol. The van der Waals surface area contributed by atoms with Gasteiger partial charge >= 0.3 is 18.0 Å². The third-order valence-electron chi connectivity index (χ3n) is 2.81. The van der Waals surface area contributed by atoms with Crippen molar-refractivity contribution in [3.05, 3.63) is 0 Å². The number of carbonyl (C=O) groups excluding carboxylic acids is 2. The second kappa shape index (κ2) is 7.68. The number of amides is 2. The average molecular weight is 288 g/mol. The Hall–Kier alpha value is -1.83. The van der Waals surface area contributed by atoms with E-state index in [0.29, 0.717) is 6.54 Å². The molecule has 20 heavy (non-hydrogen) atoms. The lowest BCUT2D eigenvalue weighted by molar-refractivity contribution is -0.143. The summed E-state index contributed by atoms with van der Waals surface area (Å²) in [4.78, 5) is 36.8. The van der Waals surface area contributed by atoms with Crippen molar-refractivity contribution in [2.24, 2.45) is 0 Å². The second-order valence-electron chi connectivity index (χ2n) is 4.48. The molecule has 1 unspecified atom stereocenters. The number of carboxylic acid groups (broad SMARTS) is 1. The normalized spacial score (nSPS) is 18.5. The van der Waals surface area contributed by atoms with Gasteiger partial charge in [-0.05, 0) is 6.92 Å². The van der Waals surface area contributed by atoms with Gasteiger partial charge in [0.05, 0.1) is 25.7 Å². The summed E-state index contributed by atoms with van der Waals surface area (Å²) in [6, 6.07) is -0.336. The van der Waals surface area contributed by atoms with E-state index in [2.05, 4.69) is 0 Å². The molecule has 1 aliphatic heterocycles. The zero-order valence-electron chi connectivity index (χ0n) is 11.7. The summed E-state index contributed by atoms with van der Waals surface area (Å²) < 4.78 is 10.1. The maximum Gasteiger partial charge on any atom is 0.325 e. The minimum absolute atomic E-state index is 0.131. The first kappa shape index (κ1) is 16.2. The molecule has 0 aromatic rings. The molecule has 1 rings (SSSR count). The minimum atomic E-state index is -0.968. The van der Waals surface area contributed by atoms with E-state index in [4.69, 9.17) is 14.6 Å². The first-order chi connectivity index (χ1) is 9.43. The molecule has 1 aliphatic rings. The maximum absolute atomic E-state index is 12.1. The smallest absolute Gasteiger partial charge is 0.325 e. The lowest BCUT2D eigenvalue weighted by atomic mass is 10.2. The number of urea groups is 1. The van der Waals surface area contributed by atoms with Crippen molar-refractivity contribution in [3.8, 4) is 0 Å². The van der Waals surface area contributed by atoms with Crippen LogP contribution < -0.4 is 0 Å². The molecule has 2 amide bonds. The minimum Gasteiger partial charge on any atom is -0.481 e. The van der Waals surface area contributed by atoms with Gasteiger partial charge in [0.25, 0.3) is 0 Å². The molecule has 0 spiro atoms. The number of carbonyl (C=O) groups is 3. The number of hydrogen-bond acceptors (Lipinski definition) is 5. The number of ether oxygens (including phenoxy) is 2. The van der Waals surface area contributed by atoms with Crippen LogP contribution in [0.1, 0.15) is 13.3 Å². The van der Waals surface area contributed by atoms with Crippen LogP contribution in [0.2, 0.25) is 0 Å². The Bertz CT molecular complexity index is 373. The fourth-order valence-corrected chi connectivity index (χ4v) is 1.92. The predicted molar refractivity (Wildman–Crippen MR) is 68.2 cm³/mol. The molecule has 0 aromatic heterocycles. The fourth-order valence-electron chi connectivity index (χ4n) is 1.92. The Labute approximate surface area is 117 Å². The van der Waals surface area contributed by atoms with Crippen LogP contribution in [0.4, 0.5) is 4.79 Å². The van der Waals surface area contributed by atoms with E-state index < -0.39 is 18.0 Å². The standard InChI is InChI=1S/C12H20N2O6/c1-3-19-11(17)8-13(2)12(18)14-4-5-20-9(7-14)6-10(15)16/h9H,3-8H2,1-2H3,(H,15,16). The van der Waals surface area contributed by atoms with Crippen LogP contribution in [0.15, 0.2) is 0 Å². The summed E-state index contributed by atoms with van der Waals surface area (Å²) in [7, 11) is 1.50. The first-order valence-electron chi connectivity index (χ1n) is 6.43. The molecule has 114 valence electrons. The molecule has 0 bridgehead atoms. The summed E-state index contributed by atoms with van der Waals surface area (Å²) in [6.07, 6.45) is -0.660. The van der Waals surface area contributed by atoms with E-state index >= 15 is 0 Å². The highest BCUT2D eigenvalue weighted by molar-refractivity contribution is 5.81. The van der Waals surface area contributed by atoms with Crippen LogP contribution >= 0.6 is 0 Å². The second-order valence-corrected chi connectivity index (χ2v) is 4.48. The lowest BCUT2D eigenvalue weighted by Crippen LogP contribution is -2.51. The topological polar surface area (TPSA) is 96.4 Å². The fraction of sp³-hybridized carbons (Fsp3) is 0.750. The zero-order valence-corrected chi connectivity index (χ0v) is 11.7. The van der Waals surface area contributed by atoms with Crippen molar-refractivity contribution in [2.45, 2.75) is 19.4 Å². The molecular formula is C12H20N2O6. The largest absolute Gasteiger partial charge is 0.481 e. The van der Waals surface area contributed by atoms with Gasteiger partial charge < -0.3 is 24.4 Å². The monoisotopic (exact) mass is 288 g/mol. The highest BCUT2D eigenvalue weighted by Gasteiger charge is 2.28. The number of likely N-dealkylation sites (N-methyl/N-ethyl adjacent to an activating group) is 1. The molecule has 1 heterocycles. The van der Waals surface area contributed by atoms with E-state index in [1.54, 1.807) is 6.92 Å². The first-order valence-corrected chi connectivity index (χ1v) is 6.43. The molecule has 1 fully saturated rings. The van der Waals surface area contributed by atoms with Gasteiger partial charge in [-0.1, -0.05) is 0 Å². The van der Waals surface area contributed by atoms with Crippen LogP contribution in [0, 0.1) is 0 Å². The Morgan fingerprint density at radius 3 is 2.75 bits per heavy atom. The average Bonchev–Trinajstić information content (AvgIpc) is 2.37. The molecule has 0 saturated carbocycles. The number of rotatable bonds is 5. The van der Waals surface area contributed by atoms with Gasteiger partial charge in [-0.15, -0.1) is 0 Å². The van der Waals surface area contributed by atoms with Gasteiger partial charge in [-0.2, -0.15) is 0 Å². The molecule has 0 aliphatic carbocycles. The van der Waals surface area contributed by atoms with E-state index in [0.717, 1.165) is 0 Å². The molecule has 1 atom stereocenters. The number of aliphatic carboxylic acids is 1. The van der Waals surface area contributed by atoms with Gasteiger partial charge in [-0.25, -0.2) is 4.79 Å². The summed E-state index contributed by atoms with van der Waals surface area (Å²) in [5.41, 5.74) is 0. The number of esters is 1. The van der Waals surface area contributed by atoms with E-state index in [9.17, 15) is 14.4 Å². The van der Waals surface area contributed by atoms with Crippen molar-refractivity contribution < 1.29 is 29.0 Å². The third kappa shape index (κ3) is 5.04. The molecule has 1 saturated heterocycles. The van der Waals surface area contributed by atoms with Crippen molar-refractivity contribution in [2.75, 3.05) is 39.9 Å². The van der Waals surface area contributed by atoms with Crippen molar-refractivity contribution >= 4 is 18.0 Å². The summed E-state index contributed by atoms with van der Waals surface area (Å²) in [6.45, 7) is 2.70. The van der Waals surface area contributed by atoms with Crippen LogP contribution in [0.25, 0.3) is 0 Å². The number of nitrogens with zero attached hydrogens (tertiary/aromatic N) is 2. The van der Waals surface area contributed by atoms with Crippen LogP contribution in [0.5, 0.6) is 0 Å². The molecule has 8 nitrogen and oxygen atoms in total. The Kier molecular flexibility index (Phi) is 6.23. The SMILES string of the molecule is CCOC(=O)CN(C)C(=O)N1CCOC(CC(=O)O)C1. The van der Waals surface area contributed by atoms with Crippen molar-refractivity contribution in [1.29, 1.82) is 0 Å². The Morgan fingerprint density at radius 1 is 1.45 bits per heavy atom. The number of hydrogen-bond donors (Lipinski definition) is 1. The molecule has 8 heteroatoms. The number of morpholine rings is 1. The Balaban J connectivity index is 2.49.